The van der Waals surface area contributed by atoms with E-state index in [4.69, 9.17) is 14.2 Å². The van der Waals surface area contributed by atoms with E-state index < -0.39 is 5.79 Å². The summed E-state index contributed by atoms with van der Waals surface area (Å²) in [6, 6.07) is 15.5. The third-order valence-electron chi connectivity index (χ3n) is 8.99. The van der Waals surface area contributed by atoms with Crippen molar-refractivity contribution in [2.24, 2.45) is 5.92 Å². The van der Waals surface area contributed by atoms with Gasteiger partial charge in [-0.1, -0.05) is 55.8 Å². The molecule has 1 saturated heterocycles. The van der Waals surface area contributed by atoms with Gasteiger partial charge in [-0.05, 0) is 75.6 Å². The van der Waals surface area contributed by atoms with Gasteiger partial charge >= 0.3 is 0 Å². The van der Waals surface area contributed by atoms with E-state index in [9.17, 15) is 4.79 Å². The number of likely N-dealkylation sites (tertiary alicyclic amines) is 1. The average Bonchev–Trinajstić information content (AvgIpc) is 3.54. The molecule has 0 unspecified atom stereocenters. The maximum Gasteiger partial charge on any atom is 0.258 e. The fraction of sp³-hybridized carbons (Fsp3) is 0.583. The molecular formula is C36H51N3O4. The molecule has 2 aromatic carbocycles. The quantitative estimate of drug-likeness (QED) is 0.312. The Bertz CT molecular complexity index is 1270. The molecule has 1 N–H and O–H groups in total. The number of benzene rings is 2. The zero-order chi connectivity index (χ0) is 30.6. The first-order valence-electron chi connectivity index (χ1n) is 16.2. The molecule has 2 fully saturated rings. The molecule has 43 heavy (non-hydrogen) atoms. The Morgan fingerprint density at radius 1 is 1.09 bits per heavy atom. The van der Waals surface area contributed by atoms with Gasteiger partial charge in [-0.25, -0.2) is 0 Å². The molecule has 0 spiro atoms. The third-order valence-corrected chi connectivity index (χ3v) is 8.99. The molecule has 7 heteroatoms. The zero-order valence-electron chi connectivity index (χ0n) is 27.0. The minimum absolute atomic E-state index is 0.0408. The monoisotopic (exact) mass is 589 g/mol. The normalized spacial score (nSPS) is 23.5. The number of carbonyl (C=O) groups is 1. The summed E-state index contributed by atoms with van der Waals surface area (Å²) in [6.07, 6.45) is 9.54. The van der Waals surface area contributed by atoms with Crippen molar-refractivity contribution in [1.29, 1.82) is 0 Å². The highest BCUT2D eigenvalue weighted by molar-refractivity contribution is 5.98. The van der Waals surface area contributed by atoms with Gasteiger partial charge in [0, 0.05) is 51.6 Å². The number of fused-ring (bicyclic) bond motifs is 1. The highest BCUT2D eigenvalue weighted by Crippen LogP contribution is 2.48. The molecule has 0 radical (unpaired) electrons. The Morgan fingerprint density at radius 2 is 1.84 bits per heavy atom. The van der Waals surface area contributed by atoms with Crippen molar-refractivity contribution >= 4 is 12.0 Å². The van der Waals surface area contributed by atoms with Gasteiger partial charge in [0.1, 0.15) is 0 Å². The molecule has 7 nitrogen and oxygen atoms in total. The summed E-state index contributed by atoms with van der Waals surface area (Å²) in [7, 11) is 1.59. The highest BCUT2D eigenvalue weighted by Gasteiger charge is 2.38. The minimum Gasteiger partial charge on any atom is -0.492 e. The van der Waals surface area contributed by atoms with Crippen LogP contribution in [0.4, 0.5) is 0 Å². The largest absolute Gasteiger partial charge is 0.492 e. The molecule has 0 aromatic heterocycles. The molecule has 2 heterocycles. The van der Waals surface area contributed by atoms with Crippen molar-refractivity contribution in [2.75, 3.05) is 33.3 Å². The fourth-order valence-electron chi connectivity index (χ4n) is 7.11. The topological polar surface area (TPSA) is 63.3 Å². The van der Waals surface area contributed by atoms with Gasteiger partial charge < -0.3 is 24.4 Å². The number of amides is 1. The van der Waals surface area contributed by atoms with E-state index in [0.29, 0.717) is 54.0 Å². The van der Waals surface area contributed by atoms with Crippen LogP contribution in [0.25, 0.3) is 6.08 Å². The number of rotatable bonds is 11. The summed E-state index contributed by atoms with van der Waals surface area (Å²) in [5.41, 5.74) is 2.79. The first-order valence-corrected chi connectivity index (χ1v) is 16.2. The molecular weight excluding hydrogens is 538 g/mol. The lowest BCUT2D eigenvalue weighted by atomic mass is 9.85. The van der Waals surface area contributed by atoms with Crippen molar-refractivity contribution in [3.8, 4) is 17.2 Å². The van der Waals surface area contributed by atoms with Gasteiger partial charge in [0.05, 0.1) is 12.7 Å². The molecule has 234 valence electrons. The van der Waals surface area contributed by atoms with Crippen LogP contribution in [0.2, 0.25) is 0 Å². The third kappa shape index (κ3) is 7.93. The van der Waals surface area contributed by atoms with Crippen LogP contribution in [0.3, 0.4) is 0 Å². The summed E-state index contributed by atoms with van der Waals surface area (Å²) < 4.78 is 17.8. The fourth-order valence-corrected chi connectivity index (χ4v) is 7.11. The molecule has 5 rings (SSSR count). The molecule has 1 amide bonds. The molecule has 2 aromatic rings. The standard InChI is InChI=1S/C36H51N3O4/c1-25(2)37-29-16-14-28(15-17-29)23-38-20-10-13-30(38)24-39(22-26(3)21-27-11-8-7-9-12-27)35(40)31-18-19-32-34(33(31)41-6)43-36(4,5)42-32/h7-9,11-12,18-19,21,25,28-30,37H,10,13-17,20,22-24H2,1-6H3/b26-21+/t28?,29?,30-/m0/s1. The summed E-state index contributed by atoms with van der Waals surface area (Å²) in [6.45, 7) is 13.8. The van der Waals surface area contributed by atoms with Crippen molar-refractivity contribution in [2.45, 2.75) is 97.1 Å². The maximum atomic E-state index is 14.4. The van der Waals surface area contributed by atoms with Crippen LogP contribution in [0.5, 0.6) is 17.2 Å². The summed E-state index contributed by atoms with van der Waals surface area (Å²) in [5.74, 6) is 1.43. The second-order valence-corrected chi connectivity index (χ2v) is 13.5. The van der Waals surface area contributed by atoms with Crippen LogP contribution in [0, 0.1) is 5.92 Å². The molecule has 2 aliphatic heterocycles. The average molecular weight is 590 g/mol. The van der Waals surface area contributed by atoms with E-state index in [2.05, 4.69) is 49.2 Å². The summed E-state index contributed by atoms with van der Waals surface area (Å²) >= 11 is 0. The summed E-state index contributed by atoms with van der Waals surface area (Å²) in [4.78, 5) is 19.1. The molecule has 1 atom stereocenters. The Labute approximate surface area is 258 Å². The van der Waals surface area contributed by atoms with E-state index in [-0.39, 0.29) is 5.91 Å². The van der Waals surface area contributed by atoms with Gasteiger partial charge in [0.2, 0.25) is 11.5 Å². The Kier molecular flexibility index (Phi) is 10.0. The van der Waals surface area contributed by atoms with Gasteiger partial charge in [-0.2, -0.15) is 0 Å². The number of nitrogens with one attached hydrogen (secondary N) is 1. The van der Waals surface area contributed by atoms with Gasteiger partial charge in [0.15, 0.2) is 11.5 Å². The number of methoxy groups -OCH3 is 1. The van der Waals surface area contributed by atoms with Crippen molar-refractivity contribution in [3.05, 3.63) is 59.2 Å². The lowest BCUT2D eigenvalue weighted by Gasteiger charge is -2.36. The van der Waals surface area contributed by atoms with Gasteiger partial charge in [0.25, 0.3) is 5.91 Å². The maximum absolute atomic E-state index is 14.4. The van der Waals surface area contributed by atoms with E-state index in [1.807, 2.05) is 49.1 Å². The molecule has 1 aliphatic carbocycles. The Hall–Kier alpha value is -3.03. The van der Waals surface area contributed by atoms with Crippen LogP contribution in [-0.2, 0) is 0 Å². The van der Waals surface area contributed by atoms with E-state index in [1.54, 1.807) is 7.11 Å². The molecule has 3 aliphatic rings. The predicted octanol–water partition coefficient (Wildman–Crippen LogP) is 6.77. The molecule has 0 bridgehead atoms. The zero-order valence-corrected chi connectivity index (χ0v) is 27.0. The lowest BCUT2D eigenvalue weighted by molar-refractivity contribution is -0.0439. The highest BCUT2D eigenvalue weighted by atomic mass is 16.7. The van der Waals surface area contributed by atoms with Gasteiger partial charge in [-0.15, -0.1) is 0 Å². The number of ether oxygens (including phenoxy) is 3. The van der Waals surface area contributed by atoms with Crippen LogP contribution < -0.4 is 19.5 Å². The Balaban J connectivity index is 1.34. The van der Waals surface area contributed by atoms with Crippen LogP contribution >= 0.6 is 0 Å². The lowest BCUT2D eigenvalue weighted by Crippen LogP contribution is -2.46. The van der Waals surface area contributed by atoms with Crippen LogP contribution in [-0.4, -0.2) is 72.9 Å². The first kappa shape index (κ1) is 31.4. The Morgan fingerprint density at radius 3 is 2.53 bits per heavy atom. The second-order valence-electron chi connectivity index (χ2n) is 13.5. The number of hydrogen-bond donors (Lipinski definition) is 1. The van der Waals surface area contributed by atoms with Crippen LogP contribution in [0.15, 0.2) is 48.0 Å². The SMILES string of the molecule is COc1c(C(=O)N(C/C(C)=C/c2ccccc2)C[C@@H]2CCCN2CC2CCC(NC(C)C)CC2)ccc2c1OC(C)(C)O2. The van der Waals surface area contributed by atoms with E-state index in [0.717, 1.165) is 36.6 Å². The van der Waals surface area contributed by atoms with E-state index in [1.165, 1.54) is 32.1 Å². The van der Waals surface area contributed by atoms with Crippen molar-refractivity contribution in [1.82, 2.24) is 15.1 Å². The predicted molar refractivity (Wildman–Crippen MR) is 173 cm³/mol. The minimum atomic E-state index is -0.805. The van der Waals surface area contributed by atoms with Crippen molar-refractivity contribution in [3.63, 3.8) is 0 Å². The van der Waals surface area contributed by atoms with Gasteiger partial charge in [-0.3, -0.25) is 9.69 Å². The van der Waals surface area contributed by atoms with E-state index >= 15 is 0 Å². The number of carbonyl (C=O) groups excluding carboxylic acids is 1. The smallest absolute Gasteiger partial charge is 0.258 e. The number of hydrogen-bond acceptors (Lipinski definition) is 6. The molecule has 1 saturated carbocycles. The van der Waals surface area contributed by atoms with Crippen molar-refractivity contribution < 1.29 is 19.0 Å². The second kappa shape index (κ2) is 13.7. The summed E-state index contributed by atoms with van der Waals surface area (Å²) in [5, 5.41) is 3.73. The number of nitrogens with zero attached hydrogens (tertiary/aromatic N) is 2. The van der Waals surface area contributed by atoms with Crippen LogP contribution in [0.1, 0.15) is 89.1 Å². The first-order chi connectivity index (χ1) is 20.6.